The molecule has 0 heterocycles. The Bertz CT molecular complexity index is 567. The maximum atomic E-state index is 12.2. The van der Waals surface area contributed by atoms with E-state index in [9.17, 15) is 13.5 Å². The van der Waals surface area contributed by atoms with Gasteiger partial charge >= 0.3 is 0 Å². The van der Waals surface area contributed by atoms with Gasteiger partial charge in [0, 0.05) is 0 Å². The summed E-state index contributed by atoms with van der Waals surface area (Å²) in [5.74, 6) is 0.456. The molecule has 116 valence electrons. The summed E-state index contributed by atoms with van der Waals surface area (Å²) >= 11 is 0. The van der Waals surface area contributed by atoms with Crippen molar-refractivity contribution >= 4 is 15.9 Å². The third-order valence-corrected chi connectivity index (χ3v) is 5.83. The van der Waals surface area contributed by atoms with Crippen LogP contribution in [0.3, 0.4) is 0 Å². The lowest BCUT2D eigenvalue weighted by Crippen LogP contribution is -2.41. The van der Waals surface area contributed by atoms with Gasteiger partial charge in [0.05, 0.1) is 17.1 Å². The molecule has 1 aliphatic carbocycles. The Morgan fingerprint density at radius 1 is 1.24 bits per heavy atom. The molecule has 0 bridgehead atoms. The first-order chi connectivity index (χ1) is 9.89. The molecule has 0 radical (unpaired) electrons. The van der Waals surface area contributed by atoms with Crippen LogP contribution < -0.4 is 0 Å². The van der Waals surface area contributed by atoms with Crippen LogP contribution in [0, 0.1) is 5.92 Å². The number of rotatable bonds is 5. The third-order valence-electron chi connectivity index (χ3n) is 4.15. The molecule has 1 saturated carbocycles. The van der Waals surface area contributed by atoms with Gasteiger partial charge in [-0.05, 0) is 37.2 Å². The Morgan fingerprint density at radius 3 is 2.48 bits per heavy atom. The molecule has 0 aliphatic heterocycles. The van der Waals surface area contributed by atoms with E-state index in [0.717, 1.165) is 18.4 Å². The second-order valence-electron chi connectivity index (χ2n) is 6.27. The average Bonchev–Trinajstić information content (AvgIpc) is 2.43. The van der Waals surface area contributed by atoms with E-state index >= 15 is 0 Å². The molecule has 0 unspecified atom stereocenters. The maximum absolute atomic E-state index is 12.2. The number of hydrogen-bond donors (Lipinski definition) is 1. The quantitative estimate of drug-likeness (QED) is 0.909. The van der Waals surface area contributed by atoms with Crippen LogP contribution in [0.25, 0.3) is 6.08 Å². The summed E-state index contributed by atoms with van der Waals surface area (Å²) in [6.45, 7) is 2.15. The molecule has 1 aliphatic rings. The van der Waals surface area contributed by atoms with Crippen LogP contribution in [0.5, 0.6) is 0 Å². The molecule has 1 aromatic carbocycles. The molecule has 1 aromatic rings. The zero-order chi connectivity index (χ0) is 15.3. The fourth-order valence-electron chi connectivity index (χ4n) is 2.81. The van der Waals surface area contributed by atoms with Crippen LogP contribution in [-0.2, 0) is 9.84 Å². The van der Waals surface area contributed by atoms with Crippen molar-refractivity contribution in [2.45, 2.75) is 38.2 Å². The molecule has 0 saturated heterocycles. The van der Waals surface area contributed by atoms with Gasteiger partial charge in [-0.1, -0.05) is 49.4 Å². The predicted octanol–water partition coefficient (Wildman–Crippen LogP) is 3.06. The number of sulfone groups is 1. The van der Waals surface area contributed by atoms with Crippen LogP contribution in [-0.4, -0.2) is 30.6 Å². The van der Waals surface area contributed by atoms with Gasteiger partial charge in [-0.25, -0.2) is 8.42 Å². The summed E-state index contributed by atoms with van der Waals surface area (Å²) < 4.78 is 24.3. The first-order valence-electron chi connectivity index (χ1n) is 7.53. The van der Waals surface area contributed by atoms with Gasteiger partial charge in [0.2, 0.25) is 0 Å². The molecule has 0 aromatic heterocycles. The van der Waals surface area contributed by atoms with Crippen molar-refractivity contribution in [1.29, 1.82) is 0 Å². The van der Waals surface area contributed by atoms with E-state index in [1.54, 1.807) is 6.08 Å². The van der Waals surface area contributed by atoms with E-state index in [1.807, 2.05) is 36.4 Å². The van der Waals surface area contributed by atoms with Crippen molar-refractivity contribution < 1.29 is 13.5 Å². The third kappa shape index (κ3) is 5.29. The van der Waals surface area contributed by atoms with Gasteiger partial charge in [-0.3, -0.25) is 0 Å². The average molecular weight is 308 g/mol. The lowest BCUT2D eigenvalue weighted by Gasteiger charge is -2.34. The Hall–Kier alpha value is -1.13. The highest BCUT2D eigenvalue weighted by atomic mass is 32.2. The van der Waals surface area contributed by atoms with Crippen LogP contribution in [0.15, 0.2) is 36.4 Å². The minimum atomic E-state index is -3.26. The molecule has 0 amide bonds. The van der Waals surface area contributed by atoms with Crippen LogP contribution in [0.4, 0.5) is 0 Å². The van der Waals surface area contributed by atoms with Gasteiger partial charge < -0.3 is 5.11 Å². The smallest absolute Gasteiger partial charge is 0.156 e. The molecule has 2 rings (SSSR count). The van der Waals surface area contributed by atoms with E-state index in [-0.39, 0.29) is 11.5 Å². The first-order valence-corrected chi connectivity index (χ1v) is 9.35. The first kappa shape index (κ1) is 16.2. The topological polar surface area (TPSA) is 54.4 Å². The fraction of sp³-hybridized carbons (Fsp3) is 0.529. The van der Waals surface area contributed by atoms with Crippen molar-refractivity contribution in [3.63, 3.8) is 0 Å². The highest BCUT2D eigenvalue weighted by molar-refractivity contribution is 7.91. The summed E-state index contributed by atoms with van der Waals surface area (Å²) in [6.07, 6.45) is 6.48. The molecular weight excluding hydrogens is 284 g/mol. The van der Waals surface area contributed by atoms with E-state index < -0.39 is 15.4 Å². The SMILES string of the molecule is CC1CCC(O)(CS(=O)(=O)C/C=C/c2ccccc2)CC1. The Kier molecular flexibility index (Phi) is 5.22. The van der Waals surface area contributed by atoms with Crippen LogP contribution in [0.1, 0.15) is 38.2 Å². The van der Waals surface area contributed by atoms with Gasteiger partial charge in [0.25, 0.3) is 0 Å². The zero-order valence-electron chi connectivity index (χ0n) is 12.5. The fourth-order valence-corrected chi connectivity index (χ4v) is 4.42. The van der Waals surface area contributed by atoms with E-state index in [0.29, 0.717) is 18.8 Å². The number of aliphatic hydroxyl groups is 1. The minimum absolute atomic E-state index is 0.0141. The molecule has 1 N–H and O–H groups in total. The summed E-state index contributed by atoms with van der Waals surface area (Å²) in [7, 11) is -3.26. The second kappa shape index (κ2) is 6.75. The van der Waals surface area contributed by atoms with E-state index in [4.69, 9.17) is 0 Å². The van der Waals surface area contributed by atoms with Gasteiger partial charge in [-0.15, -0.1) is 0 Å². The summed E-state index contributed by atoms with van der Waals surface area (Å²) in [5, 5.41) is 10.4. The van der Waals surface area contributed by atoms with Gasteiger partial charge in [0.15, 0.2) is 9.84 Å². The standard InChI is InChI=1S/C17H24O3S/c1-15-9-11-17(18,12-10-15)14-21(19,20)13-5-8-16-6-3-2-4-7-16/h2-8,15,18H,9-14H2,1H3/b8-5+. The highest BCUT2D eigenvalue weighted by Crippen LogP contribution is 2.32. The van der Waals surface area contributed by atoms with Crippen molar-refractivity contribution in [3.05, 3.63) is 42.0 Å². The molecule has 1 fully saturated rings. The lowest BCUT2D eigenvalue weighted by molar-refractivity contribution is 0.0136. The normalized spacial score (nSPS) is 27.0. The van der Waals surface area contributed by atoms with Crippen LogP contribution in [0.2, 0.25) is 0 Å². The maximum Gasteiger partial charge on any atom is 0.156 e. The van der Waals surface area contributed by atoms with Gasteiger partial charge in [0.1, 0.15) is 0 Å². The summed E-state index contributed by atoms with van der Waals surface area (Å²) in [4.78, 5) is 0. The zero-order valence-corrected chi connectivity index (χ0v) is 13.3. The number of hydrogen-bond acceptors (Lipinski definition) is 3. The highest BCUT2D eigenvalue weighted by Gasteiger charge is 2.35. The summed E-state index contributed by atoms with van der Waals surface area (Å²) in [5.41, 5.74) is -0.0377. The molecule has 4 heteroatoms. The predicted molar refractivity (Wildman–Crippen MR) is 86.7 cm³/mol. The Morgan fingerprint density at radius 2 is 1.86 bits per heavy atom. The second-order valence-corrected chi connectivity index (χ2v) is 8.38. The molecular formula is C17H24O3S. The van der Waals surface area contributed by atoms with Crippen LogP contribution >= 0.6 is 0 Å². The molecule has 0 spiro atoms. The Labute approximate surface area is 127 Å². The van der Waals surface area contributed by atoms with E-state index in [1.165, 1.54) is 0 Å². The van der Waals surface area contributed by atoms with Crippen molar-refractivity contribution in [1.82, 2.24) is 0 Å². The van der Waals surface area contributed by atoms with E-state index in [2.05, 4.69) is 6.92 Å². The molecule has 21 heavy (non-hydrogen) atoms. The summed E-state index contributed by atoms with van der Waals surface area (Å²) in [6, 6.07) is 9.62. The monoisotopic (exact) mass is 308 g/mol. The largest absolute Gasteiger partial charge is 0.389 e. The van der Waals surface area contributed by atoms with Crippen molar-refractivity contribution in [2.75, 3.05) is 11.5 Å². The molecule has 0 atom stereocenters. The minimum Gasteiger partial charge on any atom is -0.389 e. The Balaban J connectivity index is 1.91. The number of benzene rings is 1. The lowest BCUT2D eigenvalue weighted by atomic mass is 9.81. The van der Waals surface area contributed by atoms with Gasteiger partial charge in [-0.2, -0.15) is 0 Å². The molecule has 3 nitrogen and oxygen atoms in total. The van der Waals surface area contributed by atoms with Crippen molar-refractivity contribution in [2.24, 2.45) is 5.92 Å². The van der Waals surface area contributed by atoms with Crippen molar-refractivity contribution in [3.8, 4) is 0 Å².